The van der Waals surface area contributed by atoms with Crippen LogP contribution in [0.1, 0.15) is 53.0 Å². The molecular formula is C27H31N7O4. The van der Waals surface area contributed by atoms with Gasteiger partial charge in [-0.15, -0.1) is 0 Å². The van der Waals surface area contributed by atoms with Crippen molar-refractivity contribution in [1.29, 1.82) is 0 Å². The molecular weight excluding hydrogens is 486 g/mol. The van der Waals surface area contributed by atoms with E-state index >= 15 is 0 Å². The van der Waals surface area contributed by atoms with Gasteiger partial charge >= 0.3 is 0 Å². The molecule has 2 aliphatic rings. The van der Waals surface area contributed by atoms with E-state index in [1.165, 1.54) is 6.08 Å². The Hall–Kier alpha value is -4.30. The summed E-state index contributed by atoms with van der Waals surface area (Å²) in [4.78, 5) is 31.2. The Morgan fingerprint density at radius 1 is 1.26 bits per heavy atom. The number of rotatable bonds is 8. The van der Waals surface area contributed by atoms with Gasteiger partial charge in [0.15, 0.2) is 5.69 Å². The first-order valence-electron chi connectivity index (χ1n) is 12.5. The van der Waals surface area contributed by atoms with E-state index < -0.39 is 5.91 Å². The first-order chi connectivity index (χ1) is 18.4. The van der Waals surface area contributed by atoms with E-state index in [-0.39, 0.29) is 29.2 Å². The fourth-order valence-electron chi connectivity index (χ4n) is 5.19. The second-order valence-corrected chi connectivity index (χ2v) is 9.50. The summed E-state index contributed by atoms with van der Waals surface area (Å²) in [7, 11) is 4.92. The van der Waals surface area contributed by atoms with Crippen LogP contribution in [0.15, 0.2) is 31.1 Å². The molecule has 5 rings (SSSR count). The molecule has 3 aromatic rings. The van der Waals surface area contributed by atoms with Gasteiger partial charge in [0, 0.05) is 32.3 Å². The molecule has 38 heavy (non-hydrogen) atoms. The summed E-state index contributed by atoms with van der Waals surface area (Å²) >= 11 is 0. The minimum absolute atomic E-state index is 0.148. The Balaban J connectivity index is 1.52. The SMILES string of the molecule is C=CC(=O)N1C[C@@H](n2nc(C#Cc3cc(OC)c4c(c3)ncn4C3CC3)c(C(N)=O)c2NC)C[C@@H]1COC. The van der Waals surface area contributed by atoms with Gasteiger partial charge in [-0.3, -0.25) is 9.59 Å². The predicted molar refractivity (Wildman–Crippen MR) is 142 cm³/mol. The summed E-state index contributed by atoms with van der Waals surface area (Å²) in [5.41, 5.74) is 8.64. The number of anilines is 1. The van der Waals surface area contributed by atoms with Crippen molar-refractivity contribution in [3.05, 3.63) is 47.9 Å². The third kappa shape index (κ3) is 4.48. The lowest BCUT2D eigenvalue weighted by molar-refractivity contribution is -0.127. The summed E-state index contributed by atoms with van der Waals surface area (Å²) in [6.07, 6.45) is 5.99. The minimum atomic E-state index is -0.647. The summed E-state index contributed by atoms with van der Waals surface area (Å²) in [6.45, 7) is 4.37. The average Bonchev–Trinajstić information content (AvgIpc) is 3.36. The number of likely N-dealkylation sites (tertiary alicyclic amines) is 1. The summed E-state index contributed by atoms with van der Waals surface area (Å²) in [5.74, 6) is 6.45. The van der Waals surface area contributed by atoms with Crippen molar-refractivity contribution in [3.63, 3.8) is 0 Å². The van der Waals surface area contributed by atoms with E-state index in [9.17, 15) is 9.59 Å². The molecule has 198 valence electrons. The van der Waals surface area contributed by atoms with Gasteiger partial charge in [0.1, 0.15) is 22.6 Å². The van der Waals surface area contributed by atoms with Crippen molar-refractivity contribution in [3.8, 4) is 17.6 Å². The van der Waals surface area contributed by atoms with Gasteiger partial charge in [0.25, 0.3) is 5.91 Å². The predicted octanol–water partition coefficient (Wildman–Crippen LogP) is 2.09. The topological polar surface area (TPSA) is 130 Å². The molecule has 2 aromatic heterocycles. The number of hydrogen-bond donors (Lipinski definition) is 2. The standard InChI is InChI=1S/C27H31N7O4/c1-5-23(35)32-13-18(12-19(32)14-37-3)34-27(29-2)24(26(28)36)20(31-34)9-6-16-10-21-25(22(11-16)38-4)33(15-30-21)17-7-8-17/h5,10-11,15,17-19,29H,1,7-8,12-14H2,2-4H3,(H2,28,36)/t18-,19+/m0/s1. The Kier molecular flexibility index (Phi) is 6.82. The zero-order valence-electron chi connectivity index (χ0n) is 21.7. The maximum atomic E-state index is 12.5. The number of methoxy groups -OCH3 is 2. The lowest BCUT2D eigenvalue weighted by atomic mass is 10.1. The number of benzene rings is 1. The molecule has 3 N–H and O–H groups in total. The highest BCUT2D eigenvalue weighted by Gasteiger charge is 2.38. The Morgan fingerprint density at radius 2 is 2.05 bits per heavy atom. The molecule has 11 nitrogen and oxygen atoms in total. The number of carbonyl (C=O) groups excluding carboxylic acids is 2. The first kappa shape index (κ1) is 25.4. The van der Waals surface area contributed by atoms with Gasteiger partial charge in [0.05, 0.1) is 37.6 Å². The van der Waals surface area contributed by atoms with Crippen molar-refractivity contribution in [2.24, 2.45) is 5.73 Å². The number of primary amides is 1. The largest absolute Gasteiger partial charge is 0.494 e. The third-order valence-corrected chi connectivity index (χ3v) is 7.07. The van der Waals surface area contributed by atoms with Crippen LogP contribution in [0.25, 0.3) is 11.0 Å². The van der Waals surface area contributed by atoms with Crippen LogP contribution in [-0.4, -0.2) is 76.5 Å². The molecule has 1 aliphatic heterocycles. The van der Waals surface area contributed by atoms with Gasteiger partial charge in [-0.1, -0.05) is 12.5 Å². The number of amides is 2. The second-order valence-electron chi connectivity index (χ2n) is 9.50. The molecule has 0 radical (unpaired) electrons. The summed E-state index contributed by atoms with van der Waals surface area (Å²) < 4.78 is 14.8. The highest BCUT2D eigenvalue weighted by molar-refractivity contribution is 6.00. The van der Waals surface area contributed by atoms with Crippen LogP contribution in [0.3, 0.4) is 0 Å². The number of carbonyl (C=O) groups is 2. The number of hydrogen-bond acceptors (Lipinski definition) is 7. The highest BCUT2D eigenvalue weighted by atomic mass is 16.5. The number of nitrogens with zero attached hydrogens (tertiary/aromatic N) is 5. The molecule has 2 atom stereocenters. The van der Waals surface area contributed by atoms with Crippen LogP contribution in [0, 0.1) is 11.8 Å². The van der Waals surface area contributed by atoms with Gasteiger partial charge in [-0.2, -0.15) is 5.10 Å². The highest BCUT2D eigenvalue weighted by Crippen LogP contribution is 2.40. The zero-order valence-corrected chi connectivity index (χ0v) is 21.7. The van der Waals surface area contributed by atoms with E-state index in [0.717, 1.165) is 23.9 Å². The fourth-order valence-corrected chi connectivity index (χ4v) is 5.19. The third-order valence-electron chi connectivity index (χ3n) is 7.07. The number of nitrogens with one attached hydrogen (secondary N) is 1. The van der Waals surface area contributed by atoms with E-state index in [1.807, 2.05) is 18.5 Å². The van der Waals surface area contributed by atoms with Crippen LogP contribution in [0.5, 0.6) is 5.75 Å². The lowest BCUT2D eigenvalue weighted by Gasteiger charge is -2.22. The molecule has 1 aliphatic carbocycles. The van der Waals surface area contributed by atoms with Crippen molar-refractivity contribution in [2.45, 2.75) is 37.4 Å². The molecule has 1 aromatic carbocycles. The van der Waals surface area contributed by atoms with Crippen molar-refractivity contribution < 1.29 is 19.1 Å². The molecule has 11 heteroatoms. The monoisotopic (exact) mass is 517 g/mol. The Bertz CT molecular complexity index is 1470. The average molecular weight is 518 g/mol. The molecule has 2 fully saturated rings. The van der Waals surface area contributed by atoms with Gasteiger partial charge in [-0.05, 0) is 43.4 Å². The Morgan fingerprint density at radius 3 is 2.68 bits per heavy atom. The molecule has 0 bridgehead atoms. The lowest BCUT2D eigenvalue weighted by Crippen LogP contribution is -2.37. The van der Waals surface area contributed by atoms with Gasteiger partial charge < -0.3 is 30.0 Å². The van der Waals surface area contributed by atoms with Gasteiger partial charge in [0.2, 0.25) is 5.91 Å². The smallest absolute Gasteiger partial charge is 0.255 e. The second kappa shape index (κ2) is 10.2. The number of imidazole rings is 1. The number of ether oxygens (including phenoxy) is 2. The Labute approximate surface area is 220 Å². The van der Waals surface area contributed by atoms with Crippen molar-refractivity contribution in [1.82, 2.24) is 24.2 Å². The van der Waals surface area contributed by atoms with Crippen LogP contribution in [0.2, 0.25) is 0 Å². The normalized spacial score (nSPS) is 18.8. The molecule has 1 saturated carbocycles. The molecule has 3 heterocycles. The molecule has 2 amide bonds. The maximum absolute atomic E-state index is 12.5. The van der Waals surface area contributed by atoms with Crippen LogP contribution >= 0.6 is 0 Å². The molecule has 1 saturated heterocycles. The first-order valence-corrected chi connectivity index (χ1v) is 12.5. The molecule has 0 spiro atoms. The molecule has 0 unspecified atom stereocenters. The quantitative estimate of drug-likeness (QED) is 0.346. The zero-order chi connectivity index (χ0) is 27.0. The van der Waals surface area contributed by atoms with Crippen LogP contribution in [0.4, 0.5) is 5.82 Å². The number of aromatic nitrogens is 4. The maximum Gasteiger partial charge on any atom is 0.255 e. The van der Waals surface area contributed by atoms with Crippen LogP contribution < -0.4 is 15.8 Å². The van der Waals surface area contributed by atoms with Crippen molar-refractivity contribution in [2.75, 3.05) is 39.7 Å². The van der Waals surface area contributed by atoms with Crippen LogP contribution in [-0.2, 0) is 9.53 Å². The summed E-state index contributed by atoms with van der Waals surface area (Å²) in [5, 5.41) is 7.73. The summed E-state index contributed by atoms with van der Waals surface area (Å²) in [6, 6.07) is 3.86. The fraction of sp³-hybridized carbons (Fsp3) is 0.407. The number of nitrogens with two attached hydrogens (primary N) is 1. The van der Waals surface area contributed by atoms with E-state index in [0.29, 0.717) is 42.7 Å². The minimum Gasteiger partial charge on any atom is -0.494 e. The van der Waals surface area contributed by atoms with Crippen molar-refractivity contribution >= 4 is 28.7 Å². The van der Waals surface area contributed by atoms with E-state index in [1.54, 1.807) is 30.8 Å². The van der Waals surface area contributed by atoms with Gasteiger partial charge in [-0.25, -0.2) is 9.67 Å². The van der Waals surface area contributed by atoms with E-state index in [4.69, 9.17) is 15.2 Å². The number of fused-ring (bicyclic) bond motifs is 1. The van der Waals surface area contributed by atoms with E-state index in [2.05, 4.69) is 38.4 Å².